The van der Waals surface area contributed by atoms with Crippen molar-refractivity contribution in [3.63, 3.8) is 0 Å². The average Bonchev–Trinajstić information content (AvgIpc) is 2.34. The summed E-state index contributed by atoms with van der Waals surface area (Å²) in [5.41, 5.74) is 0. The van der Waals surface area contributed by atoms with Crippen molar-refractivity contribution in [3.05, 3.63) is 6.92 Å². The molecule has 3 heteroatoms. The monoisotopic (exact) mass is 369 g/mol. The van der Waals surface area contributed by atoms with Gasteiger partial charge in [0.15, 0.2) is 0 Å². The van der Waals surface area contributed by atoms with E-state index < -0.39 is 19.7 Å². The predicted molar refractivity (Wildman–Crippen MR) is 80.4 cm³/mol. The summed E-state index contributed by atoms with van der Waals surface area (Å²) in [6.45, 7) is 10.1. The first-order chi connectivity index (χ1) is 8.12. The summed E-state index contributed by atoms with van der Waals surface area (Å²) in [7, 11) is 0. The van der Waals surface area contributed by atoms with Crippen LogP contribution in [0.5, 0.6) is 0 Å². The smallest absolute Gasteiger partial charge is 0.0336 e. The van der Waals surface area contributed by atoms with Crippen molar-refractivity contribution in [2.75, 3.05) is 0 Å². The number of hydrogen-bond acceptors (Lipinski definition) is 1. The maximum absolute atomic E-state index is 11.2. The van der Waals surface area contributed by atoms with E-state index in [1.54, 1.807) is 0 Å². The van der Waals surface area contributed by atoms with E-state index in [4.69, 9.17) is 11.6 Å². The van der Waals surface area contributed by atoms with Crippen LogP contribution in [-0.2, 0) is 3.08 Å². The zero-order valence-electron chi connectivity index (χ0n) is 11.9. The molecule has 0 heterocycles. The zero-order valence-corrected chi connectivity index (χ0v) is 15.5. The number of halogens is 1. The Morgan fingerprint density at radius 2 is 1.53 bits per heavy atom. The Hall–Kier alpha value is 0.889. The standard InChI is InChI=1S/C6H12Cl.2C4H9.O.Sn/c1-3-5-6(7)4-2;2*1-3-4-2;;/h6H,2-5H2,1H3;2*1,3-4H2,2H3;;. The van der Waals surface area contributed by atoms with Crippen LogP contribution in [0.2, 0.25) is 8.87 Å². The SMILES string of the molecule is CCC[CH2][Sn](=[O])[CH2]CCC.[CH2]CC(Cl)CCC. The summed E-state index contributed by atoms with van der Waals surface area (Å²) in [6, 6.07) is 0. The van der Waals surface area contributed by atoms with Crippen LogP contribution in [0, 0.1) is 6.92 Å². The molecule has 0 N–H and O–H groups in total. The molecule has 1 nitrogen and oxygen atoms in total. The van der Waals surface area contributed by atoms with Gasteiger partial charge in [0.1, 0.15) is 0 Å². The van der Waals surface area contributed by atoms with Crippen molar-refractivity contribution < 1.29 is 3.08 Å². The molecule has 0 aromatic carbocycles. The van der Waals surface area contributed by atoms with Gasteiger partial charge < -0.3 is 0 Å². The third-order valence-corrected chi connectivity index (χ3v) is 8.17. The van der Waals surface area contributed by atoms with E-state index in [9.17, 15) is 3.08 Å². The largest absolute Gasteiger partial charge is 0.123 e. The molecule has 1 radical (unpaired) electrons. The molecular formula is C14H30ClOSn. The van der Waals surface area contributed by atoms with Crippen LogP contribution in [0.3, 0.4) is 0 Å². The van der Waals surface area contributed by atoms with E-state index in [-0.39, 0.29) is 0 Å². The summed E-state index contributed by atoms with van der Waals surface area (Å²) in [5.74, 6) is 0. The van der Waals surface area contributed by atoms with Crippen LogP contribution in [0.4, 0.5) is 0 Å². The molecule has 0 spiro atoms. The Kier molecular flexibility index (Phi) is 20.1. The van der Waals surface area contributed by atoms with Gasteiger partial charge in [-0.15, -0.1) is 11.6 Å². The van der Waals surface area contributed by atoms with Gasteiger partial charge in [0, 0.05) is 5.38 Å². The van der Waals surface area contributed by atoms with Gasteiger partial charge in [0.2, 0.25) is 0 Å². The number of unbranched alkanes of at least 4 members (excludes halogenated alkanes) is 2. The molecule has 1 unspecified atom stereocenters. The minimum atomic E-state index is -1.99. The fourth-order valence-corrected chi connectivity index (χ4v) is 6.53. The van der Waals surface area contributed by atoms with Gasteiger partial charge in [-0.3, -0.25) is 0 Å². The van der Waals surface area contributed by atoms with Gasteiger partial charge in [-0.2, -0.15) is 0 Å². The number of hydrogen-bond donors (Lipinski definition) is 0. The van der Waals surface area contributed by atoms with Crippen LogP contribution in [0.25, 0.3) is 0 Å². The summed E-state index contributed by atoms with van der Waals surface area (Å²) in [5, 5.41) is 0.310. The van der Waals surface area contributed by atoms with Crippen LogP contribution < -0.4 is 0 Å². The van der Waals surface area contributed by atoms with Crippen LogP contribution in [0.15, 0.2) is 0 Å². The topological polar surface area (TPSA) is 17.1 Å². The minimum Gasteiger partial charge on any atom is -0.123 e. The van der Waals surface area contributed by atoms with Crippen molar-refractivity contribution >= 4 is 31.3 Å². The van der Waals surface area contributed by atoms with E-state index >= 15 is 0 Å². The van der Waals surface area contributed by atoms with Crippen LogP contribution in [0.1, 0.15) is 65.7 Å². The molecular weight excluding hydrogens is 338 g/mol. The number of rotatable bonds is 9. The van der Waals surface area contributed by atoms with Gasteiger partial charge in [0.05, 0.1) is 0 Å². The van der Waals surface area contributed by atoms with Gasteiger partial charge >= 0.3 is 71.2 Å². The fourth-order valence-electron chi connectivity index (χ4n) is 1.33. The zero-order chi connectivity index (χ0) is 13.5. The fraction of sp³-hybridized carbons (Fsp3) is 0.929. The average molecular weight is 369 g/mol. The molecule has 17 heavy (non-hydrogen) atoms. The maximum Gasteiger partial charge on any atom is 0.0336 e. The predicted octanol–water partition coefficient (Wildman–Crippen LogP) is 5.63. The summed E-state index contributed by atoms with van der Waals surface area (Å²) < 4.78 is 13.4. The Labute approximate surface area is 121 Å². The maximum atomic E-state index is 11.2. The Morgan fingerprint density at radius 3 is 1.76 bits per heavy atom. The summed E-state index contributed by atoms with van der Waals surface area (Å²) >= 11 is 3.71. The Balaban J connectivity index is 0. The third kappa shape index (κ3) is 19.4. The number of alkyl halides is 1. The van der Waals surface area contributed by atoms with Gasteiger partial charge in [-0.1, -0.05) is 20.3 Å². The molecule has 1 atom stereocenters. The van der Waals surface area contributed by atoms with Crippen molar-refractivity contribution in [2.24, 2.45) is 0 Å². The van der Waals surface area contributed by atoms with E-state index in [1.165, 1.54) is 32.1 Å². The summed E-state index contributed by atoms with van der Waals surface area (Å²) in [6.07, 6.45) is 7.94. The molecule has 0 aromatic rings. The van der Waals surface area contributed by atoms with Crippen LogP contribution in [-0.4, -0.2) is 25.1 Å². The van der Waals surface area contributed by atoms with E-state index in [1.807, 2.05) is 0 Å². The molecule has 0 aliphatic carbocycles. The van der Waals surface area contributed by atoms with Crippen molar-refractivity contribution in [1.82, 2.24) is 0 Å². The molecule has 0 saturated carbocycles. The molecule has 0 aromatic heterocycles. The van der Waals surface area contributed by atoms with Crippen molar-refractivity contribution in [3.8, 4) is 0 Å². The second kappa shape index (κ2) is 16.9. The molecule has 0 saturated heterocycles. The van der Waals surface area contributed by atoms with Crippen molar-refractivity contribution in [2.45, 2.75) is 80.0 Å². The molecule has 0 bridgehead atoms. The summed E-state index contributed by atoms with van der Waals surface area (Å²) in [4.78, 5) is 0. The molecule has 0 aliphatic rings. The normalized spacial score (nSPS) is 11.6. The van der Waals surface area contributed by atoms with Crippen molar-refractivity contribution in [1.29, 1.82) is 0 Å². The molecule has 0 amide bonds. The molecule has 0 rings (SSSR count). The van der Waals surface area contributed by atoms with Gasteiger partial charge in [0.25, 0.3) is 0 Å². The molecule has 103 valence electrons. The molecule has 0 fully saturated rings. The van der Waals surface area contributed by atoms with Crippen LogP contribution >= 0.6 is 11.6 Å². The Bertz CT molecular complexity index is 152. The van der Waals surface area contributed by atoms with E-state index in [0.29, 0.717) is 5.38 Å². The first-order valence-corrected chi connectivity index (χ1v) is 12.7. The first-order valence-electron chi connectivity index (χ1n) is 7.07. The Morgan fingerprint density at radius 1 is 1.06 bits per heavy atom. The second-order valence-electron chi connectivity index (χ2n) is 4.42. The second-order valence-corrected chi connectivity index (χ2v) is 11.0. The third-order valence-electron chi connectivity index (χ3n) is 2.53. The molecule has 0 aliphatic heterocycles. The van der Waals surface area contributed by atoms with E-state index in [2.05, 4.69) is 27.7 Å². The first kappa shape index (κ1) is 20.2. The quantitative estimate of drug-likeness (QED) is 0.381. The minimum absolute atomic E-state index is 0.310. The van der Waals surface area contributed by atoms with E-state index in [0.717, 1.165) is 21.7 Å². The van der Waals surface area contributed by atoms with Gasteiger partial charge in [-0.25, -0.2) is 0 Å². The van der Waals surface area contributed by atoms with Gasteiger partial charge in [-0.05, 0) is 12.8 Å².